The first-order valence-corrected chi connectivity index (χ1v) is 1.08. The molecule has 1 N–H and O–H groups in total. The molecule has 0 aliphatic rings. The fraction of sp³-hybridized carbons (Fsp3) is 1.00. The Morgan fingerprint density at radius 3 is 2.50 bits per heavy atom. The van der Waals surface area contributed by atoms with Crippen molar-refractivity contribution < 1.29 is 24.7 Å². The van der Waals surface area contributed by atoms with E-state index in [1.807, 2.05) is 0 Å². The molecule has 38 valence electrons. The summed E-state index contributed by atoms with van der Waals surface area (Å²) in [4.78, 5) is 6.22. The lowest BCUT2D eigenvalue weighted by atomic mass is 11.5. The van der Waals surface area contributed by atoms with Crippen LogP contribution >= 0.6 is 0 Å². The van der Waals surface area contributed by atoms with Gasteiger partial charge in [0.1, 0.15) is 0 Å². The molecule has 0 aromatic rings. The van der Waals surface area contributed by atoms with E-state index in [2.05, 4.69) is 14.9 Å². The Morgan fingerprint density at radius 1 is 1.67 bits per heavy atom. The molecule has 6 heavy (non-hydrogen) atoms. The van der Waals surface area contributed by atoms with Crippen LogP contribution in [0, 0.1) is 0 Å². The fourth-order valence-corrected chi connectivity index (χ4v) is 0.0397. The van der Waals surface area contributed by atoms with E-state index >= 15 is 0 Å². The average molecular weight is 98.0 g/mol. The van der Waals surface area contributed by atoms with Crippen molar-refractivity contribution in [1.29, 1.82) is 0 Å². The minimum absolute atomic E-state index is 0.726. The Hall–Kier alpha value is -0.230. The van der Waals surface area contributed by atoms with Crippen molar-refractivity contribution in [1.82, 2.24) is 0 Å². The molecule has 0 rings (SSSR count). The third-order valence-electron chi connectivity index (χ3n) is 0.145. The molecular formula is CH3FO4. The summed E-state index contributed by atoms with van der Waals surface area (Å²) in [5.74, 6) is 0. The summed E-state index contributed by atoms with van der Waals surface area (Å²) < 4.78 is 10.4. The standard InChI is InChI=1S/CH3FO4/c2-4-1-5-6-3/h3H,1H2. The first-order chi connectivity index (χ1) is 2.91. The molecule has 0 atom stereocenters. The monoisotopic (exact) mass is 98.0 g/mol. The molecule has 5 heteroatoms. The zero-order chi connectivity index (χ0) is 4.83. The number of hydrogen-bond donors (Lipinski definition) is 1. The van der Waals surface area contributed by atoms with E-state index in [9.17, 15) is 4.53 Å². The molecule has 0 aliphatic carbocycles. The maximum atomic E-state index is 10.4. The molecule has 0 radical (unpaired) electrons. The van der Waals surface area contributed by atoms with Crippen molar-refractivity contribution in [2.75, 3.05) is 6.79 Å². The van der Waals surface area contributed by atoms with Gasteiger partial charge in [0.15, 0.2) is 0 Å². The van der Waals surface area contributed by atoms with Crippen LogP contribution in [0.3, 0.4) is 0 Å². The predicted octanol–water partition coefficient (Wildman–Crippen LogP) is 0.266. The zero-order valence-corrected chi connectivity index (χ0v) is 2.76. The van der Waals surface area contributed by atoms with Crippen LogP contribution in [0.5, 0.6) is 0 Å². The van der Waals surface area contributed by atoms with Gasteiger partial charge in [-0.15, -0.1) is 0 Å². The molecule has 4 nitrogen and oxygen atoms in total. The van der Waals surface area contributed by atoms with Gasteiger partial charge in [-0.25, -0.2) is 5.26 Å². The molecule has 0 fully saturated rings. The highest BCUT2D eigenvalue weighted by Crippen LogP contribution is 1.73. The molecule has 0 aromatic carbocycles. The van der Waals surface area contributed by atoms with Crippen molar-refractivity contribution >= 4 is 0 Å². The second kappa shape index (κ2) is 4.77. The van der Waals surface area contributed by atoms with Gasteiger partial charge in [0.25, 0.3) is 0 Å². The molecule has 0 saturated heterocycles. The van der Waals surface area contributed by atoms with Crippen LogP contribution in [0.25, 0.3) is 0 Å². The van der Waals surface area contributed by atoms with Crippen LogP contribution in [-0.2, 0) is 14.9 Å². The van der Waals surface area contributed by atoms with E-state index < -0.39 is 6.79 Å². The van der Waals surface area contributed by atoms with E-state index in [-0.39, 0.29) is 0 Å². The highest BCUT2D eigenvalue weighted by Gasteiger charge is 1.78. The van der Waals surface area contributed by atoms with Gasteiger partial charge in [0.05, 0.1) is 0 Å². The van der Waals surface area contributed by atoms with E-state index in [1.54, 1.807) is 0 Å². The minimum atomic E-state index is -0.726. The maximum Gasteiger partial charge on any atom is 0.223 e. The molecule has 0 heterocycles. The number of rotatable bonds is 3. The van der Waals surface area contributed by atoms with Crippen molar-refractivity contribution in [3.05, 3.63) is 0 Å². The lowest BCUT2D eigenvalue weighted by molar-refractivity contribution is -0.519. The number of hydrogen-bond acceptors (Lipinski definition) is 4. The Kier molecular flexibility index (Phi) is 4.59. The summed E-state index contributed by atoms with van der Waals surface area (Å²) in [5.41, 5.74) is 0. The fourth-order valence-electron chi connectivity index (χ4n) is 0.0397. The molecule has 0 bridgehead atoms. The zero-order valence-electron chi connectivity index (χ0n) is 2.76. The number of halogens is 1. The van der Waals surface area contributed by atoms with Crippen molar-refractivity contribution in [2.24, 2.45) is 0 Å². The summed E-state index contributed by atoms with van der Waals surface area (Å²) in [6.07, 6.45) is 0. The van der Waals surface area contributed by atoms with Crippen LogP contribution in [0.4, 0.5) is 4.53 Å². The van der Waals surface area contributed by atoms with Gasteiger partial charge < -0.3 is 0 Å². The van der Waals surface area contributed by atoms with Gasteiger partial charge in [-0.1, -0.05) is 5.04 Å². The Balaban J connectivity index is 2.34. The molecule has 0 amide bonds. The SMILES string of the molecule is OOOCOF. The third-order valence-corrected chi connectivity index (χ3v) is 0.145. The summed E-state index contributed by atoms with van der Waals surface area (Å²) in [7, 11) is 0. The molecule has 0 spiro atoms. The van der Waals surface area contributed by atoms with Crippen LogP contribution in [0.2, 0.25) is 0 Å². The van der Waals surface area contributed by atoms with E-state index in [0.29, 0.717) is 0 Å². The summed E-state index contributed by atoms with van der Waals surface area (Å²) in [6.45, 7) is -0.726. The van der Waals surface area contributed by atoms with E-state index in [1.165, 1.54) is 0 Å². The highest BCUT2D eigenvalue weighted by atomic mass is 19.3. The second-order valence-corrected chi connectivity index (χ2v) is 0.419. The van der Waals surface area contributed by atoms with Crippen LogP contribution in [0.1, 0.15) is 0 Å². The van der Waals surface area contributed by atoms with Gasteiger partial charge >= 0.3 is 0 Å². The smallest absolute Gasteiger partial charge is 0.221 e. The molecule has 0 saturated carbocycles. The largest absolute Gasteiger partial charge is 0.223 e. The second-order valence-electron chi connectivity index (χ2n) is 0.419. The van der Waals surface area contributed by atoms with E-state index in [4.69, 9.17) is 5.26 Å². The Labute approximate surface area is 32.8 Å². The normalized spacial score (nSPS) is 9.00. The minimum Gasteiger partial charge on any atom is -0.221 e. The quantitative estimate of drug-likeness (QED) is 0.238. The van der Waals surface area contributed by atoms with Gasteiger partial charge in [0, 0.05) is 0 Å². The molecule has 0 aromatic heterocycles. The molecule has 0 aliphatic heterocycles. The summed E-state index contributed by atoms with van der Waals surface area (Å²) in [5, 5.41) is 10.1. The van der Waals surface area contributed by atoms with Crippen molar-refractivity contribution in [3.8, 4) is 0 Å². The molecule has 0 unspecified atom stereocenters. The van der Waals surface area contributed by atoms with Crippen LogP contribution in [0.15, 0.2) is 0 Å². The lowest BCUT2D eigenvalue weighted by Crippen LogP contribution is -1.90. The van der Waals surface area contributed by atoms with Crippen molar-refractivity contribution in [2.45, 2.75) is 0 Å². The Bertz CT molecular complexity index is 19.5. The highest BCUT2D eigenvalue weighted by molar-refractivity contribution is 3.68. The predicted molar refractivity (Wildman–Crippen MR) is 11.9 cm³/mol. The topological polar surface area (TPSA) is 47.9 Å². The van der Waals surface area contributed by atoms with Gasteiger partial charge in [0.2, 0.25) is 6.79 Å². The van der Waals surface area contributed by atoms with Crippen molar-refractivity contribution in [3.63, 3.8) is 0 Å². The third kappa shape index (κ3) is 3.77. The Morgan fingerprint density at radius 2 is 2.33 bits per heavy atom. The summed E-state index contributed by atoms with van der Waals surface area (Å²) >= 11 is 0. The summed E-state index contributed by atoms with van der Waals surface area (Å²) in [6, 6.07) is 0. The lowest BCUT2D eigenvalue weighted by Gasteiger charge is -1.86. The van der Waals surface area contributed by atoms with Gasteiger partial charge in [-0.2, -0.15) is 9.83 Å². The van der Waals surface area contributed by atoms with Gasteiger partial charge in [-0.05, 0) is 4.53 Å². The van der Waals surface area contributed by atoms with Crippen LogP contribution in [-0.4, -0.2) is 12.1 Å². The van der Waals surface area contributed by atoms with Crippen LogP contribution < -0.4 is 0 Å². The van der Waals surface area contributed by atoms with Gasteiger partial charge in [-0.3, -0.25) is 0 Å². The average Bonchev–Trinajstić information content (AvgIpc) is 1.61. The molecular weight excluding hydrogens is 95.0 g/mol. The first kappa shape index (κ1) is 5.77. The maximum absolute atomic E-state index is 10.4. The first-order valence-electron chi connectivity index (χ1n) is 1.08. The van der Waals surface area contributed by atoms with E-state index in [0.717, 1.165) is 0 Å².